The molecule has 4 heterocycles. The second-order valence-corrected chi connectivity index (χ2v) is 8.37. The van der Waals surface area contributed by atoms with Gasteiger partial charge in [-0.05, 0) is 38.5 Å². The summed E-state index contributed by atoms with van der Waals surface area (Å²) in [6.07, 6.45) is 3.25. The second kappa shape index (κ2) is 7.19. The Balaban J connectivity index is 1.35. The summed E-state index contributed by atoms with van der Waals surface area (Å²) in [7, 11) is 0. The first kappa shape index (κ1) is 18.7. The standard InChI is InChI=1S/C22H25N7O/c1-14-5-4-6-19(29-23-7-8-24-29)20(14)21(30)27-10-17-12-28(13-18(17)11-27)22-25-15(2)9-16(3)26-22/h4-9,17-18H,10-13H2,1-3H3/t17-,18+. The molecule has 2 aliphatic rings. The van der Waals surface area contributed by atoms with Crippen LogP contribution in [0.25, 0.3) is 5.69 Å². The van der Waals surface area contributed by atoms with Gasteiger partial charge in [0.1, 0.15) is 0 Å². The topological polar surface area (TPSA) is 80.0 Å². The summed E-state index contributed by atoms with van der Waals surface area (Å²) in [5.41, 5.74) is 4.34. The van der Waals surface area contributed by atoms with Gasteiger partial charge in [0.15, 0.2) is 0 Å². The number of fused-ring (bicyclic) bond motifs is 1. The van der Waals surface area contributed by atoms with E-state index in [-0.39, 0.29) is 5.91 Å². The molecule has 1 amide bonds. The van der Waals surface area contributed by atoms with Gasteiger partial charge in [-0.3, -0.25) is 4.79 Å². The SMILES string of the molecule is Cc1cc(C)nc(N2C[C@H]3CN(C(=O)c4c(C)cccc4-n4nccn4)C[C@H]3C2)n1. The molecule has 0 N–H and O–H groups in total. The van der Waals surface area contributed by atoms with E-state index in [0.717, 1.165) is 54.8 Å². The van der Waals surface area contributed by atoms with Crippen LogP contribution in [0.15, 0.2) is 36.7 Å². The van der Waals surface area contributed by atoms with Crippen molar-refractivity contribution in [1.29, 1.82) is 0 Å². The van der Waals surface area contributed by atoms with Crippen LogP contribution in [0, 0.1) is 32.6 Å². The highest BCUT2D eigenvalue weighted by atomic mass is 16.2. The monoisotopic (exact) mass is 403 g/mol. The molecule has 2 aliphatic heterocycles. The van der Waals surface area contributed by atoms with Crippen LogP contribution in [0.1, 0.15) is 27.3 Å². The average Bonchev–Trinajstić information content (AvgIpc) is 3.43. The minimum atomic E-state index is 0.0593. The third-order valence-corrected chi connectivity index (χ3v) is 6.13. The third kappa shape index (κ3) is 3.22. The number of carbonyl (C=O) groups is 1. The Morgan fingerprint density at radius 3 is 2.20 bits per heavy atom. The number of aromatic nitrogens is 5. The van der Waals surface area contributed by atoms with Gasteiger partial charge >= 0.3 is 0 Å². The lowest BCUT2D eigenvalue weighted by molar-refractivity contribution is 0.0781. The van der Waals surface area contributed by atoms with Crippen LogP contribution in [0.4, 0.5) is 5.95 Å². The lowest BCUT2D eigenvalue weighted by Crippen LogP contribution is -2.34. The highest BCUT2D eigenvalue weighted by molar-refractivity contribution is 5.99. The maximum absolute atomic E-state index is 13.5. The number of hydrogen-bond acceptors (Lipinski definition) is 6. The van der Waals surface area contributed by atoms with E-state index in [1.165, 1.54) is 4.80 Å². The van der Waals surface area contributed by atoms with Gasteiger partial charge in [-0.25, -0.2) is 9.97 Å². The molecule has 30 heavy (non-hydrogen) atoms. The number of amides is 1. The van der Waals surface area contributed by atoms with Crippen LogP contribution >= 0.6 is 0 Å². The van der Waals surface area contributed by atoms with E-state index < -0.39 is 0 Å². The van der Waals surface area contributed by atoms with E-state index in [1.54, 1.807) is 12.4 Å². The summed E-state index contributed by atoms with van der Waals surface area (Å²) in [6, 6.07) is 7.80. The van der Waals surface area contributed by atoms with Crippen LogP contribution in [0.5, 0.6) is 0 Å². The molecule has 2 saturated heterocycles. The van der Waals surface area contributed by atoms with Crippen molar-refractivity contribution < 1.29 is 4.79 Å². The van der Waals surface area contributed by atoms with Crippen molar-refractivity contribution >= 4 is 11.9 Å². The van der Waals surface area contributed by atoms with Crippen molar-refractivity contribution in [2.24, 2.45) is 11.8 Å². The quantitative estimate of drug-likeness (QED) is 0.667. The summed E-state index contributed by atoms with van der Waals surface area (Å²) in [5, 5.41) is 8.45. The van der Waals surface area contributed by atoms with E-state index in [9.17, 15) is 4.79 Å². The van der Waals surface area contributed by atoms with E-state index >= 15 is 0 Å². The minimum absolute atomic E-state index is 0.0593. The first-order valence-electron chi connectivity index (χ1n) is 10.3. The zero-order valence-corrected chi connectivity index (χ0v) is 17.5. The minimum Gasteiger partial charge on any atom is -0.340 e. The molecule has 0 spiro atoms. The van der Waals surface area contributed by atoms with Crippen molar-refractivity contribution in [3.8, 4) is 5.69 Å². The molecule has 1 aromatic carbocycles. The molecule has 0 radical (unpaired) electrons. The molecule has 5 rings (SSSR count). The molecular weight excluding hydrogens is 378 g/mol. The van der Waals surface area contributed by atoms with Crippen molar-refractivity contribution in [2.75, 3.05) is 31.1 Å². The number of rotatable bonds is 3. The fourth-order valence-corrected chi connectivity index (χ4v) is 4.77. The molecule has 8 nitrogen and oxygen atoms in total. The van der Waals surface area contributed by atoms with Crippen molar-refractivity contribution in [3.05, 3.63) is 59.2 Å². The molecule has 0 aliphatic carbocycles. The first-order valence-corrected chi connectivity index (χ1v) is 10.3. The Labute approximate surface area is 175 Å². The number of likely N-dealkylation sites (tertiary alicyclic amines) is 1. The van der Waals surface area contributed by atoms with Crippen molar-refractivity contribution in [1.82, 2.24) is 29.9 Å². The van der Waals surface area contributed by atoms with E-state index in [1.807, 2.05) is 49.9 Å². The summed E-state index contributed by atoms with van der Waals surface area (Å²) < 4.78 is 0. The predicted octanol–water partition coefficient (Wildman–Crippen LogP) is 2.19. The molecule has 0 saturated carbocycles. The highest BCUT2D eigenvalue weighted by Crippen LogP contribution is 2.34. The van der Waals surface area contributed by atoms with Gasteiger partial charge in [0.2, 0.25) is 5.95 Å². The number of carbonyl (C=O) groups excluding carboxylic acids is 1. The Morgan fingerprint density at radius 1 is 0.933 bits per heavy atom. The van der Waals surface area contributed by atoms with Gasteiger partial charge in [-0.1, -0.05) is 12.1 Å². The van der Waals surface area contributed by atoms with Crippen LogP contribution in [0.3, 0.4) is 0 Å². The Bertz CT molecular complexity index is 1060. The summed E-state index contributed by atoms with van der Waals surface area (Å²) in [6.45, 7) is 9.26. The average molecular weight is 403 g/mol. The maximum Gasteiger partial charge on any atom is 0.256 e. The second-order valence-electron chi connectivity index (χ2n) is 8.37. The number of aryl methyl sites for hydroxylation is 3. The molecule has 2 fully saturated rings. The van der Waals surface area contributed by atoms with Crippen molar-refractivity contribution in [2.45, 2.75) is 20.8 Å². The van der Waals surface area contributed by atoms with Crippen molar-refractivity contribution in [3.63, 3.8) is 0 Å². The van der Waals surface area contributed by atoms with Gasteiger partial charge in [-0.15, -0.1) is 0 Å². The molecular formula is C22H25N7O. The molecule has 3 aromatic rings. The Hall–Kier alpha value is -3.29. The molecule has 2 aromatic heterocycles. The van der Waals surface area contributed by atoms with E-state index in [4.69, 9.17) is 0 Å². The van der Waals surface area contributed by atoms with Crippen LogP contribution < -0.4 is 4.90 Å². The van der Waals surface area contributed by atoms with Crippen LogP contribution in [-0.2, 0) is 0 Å². The lowest BCUT2D eigenvalue weighted by Gasteiger charge is -2.23. The van der Waals surface area contributed by atoms with Gasteiger partial charge < -0.3 is 9.80 Å². The van der Waals surface area contributed by atoms with Gasteiger partial charge in [0.25, 0.3) is 5.91 Å². The predicted molar refractivity (Wildman–Crippen MR) is 113 cm³/mol. The summed E-state index contributed by atoms with van der Waals surface area (Å²) in [4.78, 5) is 28.5. The van der Waals surface area contributed by atoms with E-state index in [0.29, 0.717) is 17.4 Å². The highest BCUT2D eigenvalue weighted by Gasteiger charge is 2.43. The van der Waals surface area contributed by atoms with Gasteiger partial charge in [0.05, 0.1) is 23.6 Å². The third-order valence-electron chi connectivity index (χ3n) is 6.13. The number of benzene rings is 1. The Morgan fingerprint density at radius 2 is 1.57 bits per heavy atom. The fourth-order valence-electron chi connectivity index (χ4n) is 4.77. The first-order chi connectivity index (χ1) is 14.5. The summed E-state index contributed by atoms with van der Waals surface area (Å²) in [5.74, 6) is 1.75. The summed E-state index contributed by atoms with van der Waals surface area (Å²) >= 11 is 0. The van der Waals surface area contributed by atoms with Crippen LogP contribution in [0.2, 0.25) is 0 Å². The largest absolute Gasteiger partial charge is 0.340 e. The maximum atomic E-state index is 13.5. The molecule has 8 heteroatoms. The molecule has 0 unspecified atom stereocenters. The smallest absolute Gasteiger partial charge is 0.256 e. The van der Waals surface area contributed by atoms with Gasteiger partial charge in [-0.2, -0.15) is 15.0 Å². The molecule has 2 atom stereocenters. The Kier molecular flexibility index (Phi) is 4.49. The van der Waals surface area contributed by atoms with E-state index in [2.05, 4.69) is 25.1 Å². The van der Waals surface area contributed by atoms with Crippen LogP contribution in [-0.4, -0.2) is 61.9 Å². The zero-order chi connectivity index (χ0) is 20.8. The zero-order valence-electron chi connectivity index (χ0n) is 17.5. The van der Waals surface area contributed by atoms with Gasteiger partial charge in [0, 0.05) is 49.4 Å². The number of nitrogens with zero attached hydrogens (tertiary/aromatic N) is 7. The number of hydrogen-bond donors (Lipinski definition) is 0. The number of anilines is 1. The fraction of sp³-hybridized carbons (Fsp3) is 0.409. The molecule has 0 bridgehead atoms. The normalized spacial score (nSPS) is 20.6. The lowest BCUT2D eigenvalue weighted by atomic mass is 10.0. The molecule has 154 valence electrons.